The molecule has 0 fully saturated rings. The Kier molecular flexibility index (Phi) is 4.14. The first-order chi connectivity index (χ1) is 9.11. The van der Waals surface area contributed by atoms with Gasteiger partial charge in [0.2, 0.25) is 0 Å². The first-order valence-corrected chi connectivity index (χ1v) is 6.66. The Morgan fingerprint density at radius 1 is 1.26 bits per heavy atom. The largest absolute Gasteiger partial charge is 0.370 e. The molecule has 5 heteroatoms. The van der Waals surface area contributed by atoms with Crippen LogP contribution in [0.4, 0.5) is 5.82 Å². The molecule has 2 heterocycles. The summed E-state index contributed by atoms with van der Waals surface area (Å²) in [5, 5.41) is 3.36. The van der Waals surface area contributed by atoms with E-state index in [1.165, 1.54) is 0 Å². The molecule has 102 valence electrons. The Morgan fingerprint density at radius 3 is 2.68 bits per heavy atom. The van der Waals surface area contributed by atoms with Gasteiger partial charge in [0.25, 0.3) is 0 Å². The molecule has 2 aromatic heterocycles. The standard InChI is InChI=1S/C14H21N5/c1-5-6-16-14-10(2)12(17-11(3)18-14)9-13-15-7-8-19(13)4/h7-8H,5-6,9H2,1-4H3,(H,16,17,18). The minimum Gasteiger partial charge on any atom is -0.370 e. The molecule has 2 aromatic rings. The molecule has 0 aliphatic heterocycles. The Bertz CT molecular complexity index is 559. The molecule has 1 N–H and O–H groups in total. The second-order valence-corrected chi connectivity index (χ2v) is 4.75. The molecule has 0 saturated heterocycles. The molecular formula is C14H21N5. The van der Waals surface area contributed by atoms with Crippen LogP contribution >= 0.6 is 0 Å². The van der Waals surface area contributed by atoms with E-state index in [-0.39, 0.29) is 0 Å². The highest BCUT2D eigenvalue weighted by molar-refractivity contribution is 5.46. The van der Waals surface area contributed by atoms with E-state index in [1.807, 2.05) is 30.9 Å². The van der Waals surface area contributed by atoms with E-state index in [4.69, 9.17) is 0 Å². The molecule has 0 radical (unpaired) electrons. The van der Waals surface area contributed by atoms with Crippen LogP contribution in [0.3, 0.4) is 0 Å². The van der Waals surface area contributed by atoms with E-state index in [0.29, 0.717) is 0 Å². The van der Waals surface area contributed by atoms with Crippen LogP contribution in [0.25, 0.3) is 0 Å². The Labute approximate surface area is 114 Å². The van der Waals surface area contributed by atoms with Crippen molar-refractivity contribution < 1.29 is 0 Å². The topological polar surface area (TPSA) is 55.6 Å². The number of aromatic nitrogens is 4. The number of rotatable bonds is 5. The van der Waals surface area contributed by atoms with Gasteiger partial charge in [-0.3, -0.25) is 0 Å². The van der Waals surface area contributed by atoms with Crippen molar-refractivity contribution in [3.05, 3.63) is 35.3 Å². The minimum absolute atomic E-state index is 0.736. The normalized spacial score (nSPS) is 10.7. The molecule has 0 unspecified atom stereocenters. The molecule has 0 spiro atoms. The lowest BCUT2D eigenvalue weighted by atomic mass is 10.1. The van der Waals surface area contributed by atoms with Crippen LogP contribution in [0.15, 0.2) is 12.4 Å². The third-order valence-corrected chi connectivity index (χ3v) is 3.15. The summed E-state index contributed by atoms with van der Waals surface area (Å²) in [6.07, 6.45) is 5.58. The molecule has 0 aliphatic carbocycles. The maximum Gasteiger partial charge on any atom is 0.132 e. The number of hydrogen-bond donors (Lipinski definition) is 1. The zero-order valence-corrected chi connectivity index (χ0v) is 12.1. The van der Waals surface area contributed by atoms with Gasteiger partial charge < -0.3 is 9.88 Å². The first kappa shape index (κ1) is 13.5. The van der Waals surface area contributed by atoms with Crippen LogP contribution in [0, 0.1) is 13.8 Å². The van der Waals surface area contributed by atoms with Gasteiger partial charge in [-0.15, -0.1) is 0 Å². The lowest BCUT2D eigenvalue weighted by molar-refractivity contribution is 0.799. The van der Waals surface area contributed by atoms with E-state index < -0.39 is 0 Å². The maximum absolute atomic E-state index is 4.55. The zero-order chi connectivity index (χ0) is 13.8. The lowest BCUT2D eigenvalue weighted by Crippen LogP contribution is -2.10. The first-order valence-electron chi connectivity index (χ1n) is 6.66. The van der Waals surface area contributed by atoms with Gasteiger partial charge in [0.05, 0.1) is 5.69 Å². The monoisotopic (exact) mass is 259 g/mol. The summed E-state index contributed by atoms with van der Waals surface area (Å²) in [6, 6.07) is 0. The van der Waals surface area contributed by atoms with Gasteiger partial charge in [-0.25, -0.2) is 15.0 Å². The minimum atomic E-state index is 0.736. The fourth-order valence-electron chi connectivity index (χ4n) is 1.99. The van der Waals surface area contributed by atoms with E-state index in [2.05, 4.69) is 34.1 Å². The summed E-state index contributed by atoms with van der Waals surface area (Å²) < 4.78 is 2.02. The molecule has 0 saturated carbocycles. The highest BCUT2D eigenvalue weighted by Crippen LogP contribution is 2.18. The van der Waals surface area contributed by atoms with Crippen LogP contribution in [0.1, 0.15) is 36.3 Å². The van der Waals surface area contributed by atoms with Crippen LogP contribution in [-0.4, -0.2) is 26.1 Å². The number of imidazole rings is 1. The van der Waals surface area contributed by atoms with Crippen LogP contribution in [0.5, 0.6) is 0 Å². The average molecular weight is 259 g/mol. The van der Waals surface area contributed by atoms with Gasteiger partial charge in [0.1, 0.15) is 17.5 Å². The van der Waals surface area contributed by atoms with Gasteiger partial charge in [-0.2, -0.15) is 0 Å². The highest BCUT2D eigenvalue weighted by Gasteiger charge is 2.11. The molecule has 0 atom stereocenters. The Balaban J connectivity index is 2.29. The lowest BCUT2D eigenvalue weighted by Gasteiger charge is -2.12. The fourth-order valence-corrected chi connectivity index (χ4v) is 1.99. The molecule has 0 aliphatic rings. The van der Waals surface area contributed by atoms with E-state index in [1.54, 1.807) is 0 Å². The molecule has 0 aromatic carbocycles. The van der Waals surface area contributed by atoms with E-state index in [9.17, 15) is 0 Å². The third-order valence-electron chi connectivity index (χ3n) is 3.15. The van der Waals surface area contributed by atoms with Gasteiger partial charge in [0.15, 0.2) is 0 Å². The van der Waals surface area contributed by atoms with Crippen molar-refractivity contribution in [3.63, 3.8) is 0 Å². The summed E-state index contributed by atoms with van der Waals surface area (Å²) in [7, 11) is 2.00. The summed E-state index contributed by atoms with van der Waals surface area (Å²) in [5.41, 5.74) is 2.16. The average Bonchev–Trinajstić information content (AvgIpc) is 2.77. The number of nitrogens with zero attached hydrogens (tertiary/aromatic N) is 4. The molecule has 0 amide bonds. The molecular weight excluding hydrogens is 238 g/mol. The number of aryl methyl sites for hydroxylation is 2. The maximum atomic E-state index is 4.55. The fraction of sp³-hybridized carbons (Fsp3) is 0.500. The predicted octanol–water partition coefficient (Wildman–Crippen LogP) is 2.24. The van der Waals surface area contributed by atoms with Crippen molar-refractivity contribution >= 4 is 5.82 Å². The van der Waals surface area contributed by atoms with Gasteiger partial charge in [-0.1, -0.05) is 6.92 Å². The Hall–Kier alpha value is -1.91. The number of nitrogens with one attached hydrogen (secondary N) is 1. The van der Waals surface area contributed by atoms with Crippen molar-refractivity contribution in [2.24, 2.45) is 7.05 Å². The molecule has 0 bridgehead atoms. The summed E-state index contributed by atoms with van der Waals surface area (Å²) in [4.78, 5) is 13.4. The predicted molar refractivity (Wildman–Crippen MR) is 76.3 cm³/mol. The van der Waals surface area contributed by atoms with Gasteiger partial charge >= 0.3 is 0 Å². The van der Waals surface area contributed by atoms with E-state index in [0.717, 1.165) is 48.1 Å². The molecule has 5 nitrogen and oxygen atoms in total. The van der Waals surface area contributed by atoms with Crippen molar-refractivity contribution in [3.8, 4) is 0 Å². The van der Waals surface area contributed by atoms with Crippen LogP contribution in [-0.2, 0) is 13.5 Å². The van der Waals surface area contributed by atoms with Crippen LogP contribution < -0.4 is 5.32 Å². The van der Waals surface area contributed by atoms with Crippen molar-refractivity contribution in [1.82, 2.24) is 19.5 Å². The van der Waals surface area contributed by atoms with Crippen molar-refractivity contribution in [1.29, 1.82) is 0 Å². The Morgan fingerprint density at radius 2 is 2.05 bits per heavy atom. The quantitative estimate of drug-likeness (QED) is 0.894. The second kappa shape index (κ2) is 5.82. The van der Waals surface area contributed by atoms with Gasteiger partial charge in [0, 0.05) is 38.0 Å². The highest BCUT2D eigenvalue weighted by atomic mass is 15.1. The second-order valence-electron chi connectivity index (χ2n) is 4.75. The number of anilines is 1. The molecule has 19 heavy (non-hydrogen) atoms. The third kappa shape index (κ3) is 3.10. The van der Waals surface area contributed by atoms with Crippen molar-refractivity contribution in [2.45, 2.75) is 33.6 Å². The van der Waals surface area contributed by atoms with E-state index >= 15 is 0 Å². The SMILES string of the molecule is CCCNc1nc(C)nc(Cc2nccn2C)c1C. The summed E-state index contributed by atoms with van der Waals surface area (Å²) in [5.74, 6) is 2.76. The number of hydrogen-bond acceptors (Lipinski definition) is 4. The zero-order valence-electron chi connectivity index (χ0n) is 12.1. The van der Waals surface area contributed by atoms with Crippen molar-refractivity contribution in [2.75, 3.05) is 11.9 Å². The summed E-state index contributed by atoms with van der Waals surface area (Å²) >= 11 is 0. The van der Waals surface area contributed by atoms with Gasteiger partial charge in [-0.05, 0) is 20.3 Å². The molecule has 2 rings (SSSR count). The smallest absolute Gasteiger partial charge is 0.132 e. The summed E-state index contributed by atoms with van der Waals surface area (Å²) in [6.45, 7) is 7.07. The van der Waals surface area contributed by atoms with Crippen LogP contribution in [0.2, 0.25) is 0 Å².